The highest BCUT2D eigenvalue weighted by atomic mass is 32.1. The number of ether oxygens (including phenoxy) is 1. The molecule has 2 aromatic rings. The highest BCUT2D eigenvalue weighted by Crippen LogP contribution is 2.18. The second-order valence-corrected chi connectivity index (χ2v) is 5.59. The Morgan fingerprint density at radius 3 is 3.05 bits per heavy atom. The van der Waals surface area contributed by atoms with Crippen LogP contribution in [0.1, 0.15) is 16.8 Å². The molecule has 0 amide bonds. The predicted octanol–water partition coefficient (Wildman–Crippen LogP) is 2.00. The Morgan fingerprint density at radius 2 is 2.24 bits per heavy atom. The van der Waals surface area contributed by atoms with Crippen molar-refractivity contribution in [2.24, 2.45) is 0 Å². The van der Waals surface area contributed by atoms with E-state index < -0.39 is 0 Å². The lowest BCUT2D eigenvalue weighted by molar-refractivity contribution is 0.241. The normalized spacial score (nSPS) is 14.7. The van der Waals surface area contributed by atoms with Crippen molar-refractivity contribution in [1.82, 2.24) is 14.9 Å². The fraction of sp³-hybridized carbons (Fsp3) is 0.333. The lowest BCUT2D eigenvalue weighted by Crippen LogP contribution is -2.35. The molecular formula is C15H17N3O2S. The molecule has 5 nitrogen and oxygen atoms in total. The van der Waals surface area contributed by atoms with Crippen LogP contribution in [0.4, 0.5) is 0 Å². The van der Waals surface area contributed by atoms with Gasteiger partial charge in [-0.3, -0.25) is 14.7 Å². The molecule has 6 heteroatoms. The van der Waals surface area contributed by atoms with Gasteiger partial charge in [0.05, 0.1) is 12.7 Å². The number of H-pyrrole nitrogens is 2. The van der Waals surface area contributed by atoms with Gasteiger partial charge < -0.3 is 9.72 Å². The zero-order chi connectivity index (χ0) is 14.8. The summed E-state index contributed by atoms with van der Waals surface area (Å²) in [6.07, 6.45) is 0.812. The highest BCUT2D eigenvalue weighted by Gasteiger charge is 2.19. The first kappa shape index (κ1) is 14.0. The van der Waals surface area contributed by atoms with Crippen LogP contribution in [-0.2, 0) is 19.5 Å². The zero-order valence-corrected chi connectivity index (χ0v) is 12.6. The largest absolute Gasteiger partial charge is 0.497 e. The summed E-state index contributed by atoms with van der Waals surface area (Å²) in [5.74, 6) is 0.854. The van der Waals surface area contributed by atoms with Crippen LogP contribution in [0.5, 0.6) is 5.75 Å². The number of hydrogen-bond donors (Lipinski definition) is 2. The lowest BCUT2D eigenvalue weighted by Gasteiger charge is -2.27. The summed E-state index contributed by atoms with van der Waals surface area (Å²) in [7, 11) is 1.66. The molecule has 0 fully saturated rings. The van der Waals surface area contributed by atoms with Gasteiger partial charge in [-0.05, 0) is 29.9 Å². The van der Waals surface area contributed by atoms with E-state index in [1.807, 2.05) is 18.2 Å². The molecule has 3 rings (SSSR count). The molecule has 21 heavy (non-hydrogen) atoms. The van der Waals surface area contributed by atoms with Gasteiger partial charge in [0.15, 0.2) is 4.77 Å². The molecule has 0 radical (unpaired) electrons. The lowest BCUT2D eigenvalue weighted by atomic mass is 10.1. The van der Waals surface area contributed by atoms with Crippen LogP contribution in [0.2, 0.25) is 0 Å². The Bertz CT molecular complexity index is 766. The van der Waals surface area contributed by atoms with Gasteiger partial charge in [0.1, 0.15) is 5.75 Å². The molecule has 0 atom stereocenters. The average Bonchev–Trinajstić information content (AvgIpc) is 2.48. The molecule has 1 aliphatic rings. The third-order valence-corrected chi connectivity index (χ3v) is 3.93. The van der Waals surface area contributed by atoms with Crippen molar-refractivity contribution < 1.29 is 4.74 Å². The average molecular weight is 303 g/mol. The molecule has 1 aromatic heterocycles. The number of rotatable bonds is 3. The van der Waals surface area contributed by atoms with Crippen molar-refractivity contribution in [3.8, 4) is 5.75 Å². The summed E-state index contributed by atoms with van der Waals surface area (Å²) in [6, 6.07) is 8.01. The van der Waals surface area contributed by atoms with E-state index >= 15 is 0 Å². The van der Waals surface area contributed by atoms with Gasteiger partial charge >= 0.3 is 0 Å². The van der Waals surface area contributed by atoms with E-state index in [9.17, 15) is 4.79 Å². The Labute approximate surface area is 127 Å². The van der Waals surface area contributed by atoms with E-state index in [0.717, 1.165) is 36.5 Å². The van der Waals surface area contributed by atoms with Crippen LogP contribution in [0.3, 0.4) is 0 Å². The molecular weight excluding hydrogens is 286 g/mol. The minimum absolute atomic E-state index is 0.0795. The van der Waals surface area contributed by atoms with Crippen molar-refractivity contribution >= 4 is 12.2 Å². The second-order valence-electron chi connectivity index (χ2n) is 5.18. The van der Waals surface area contributed by atoms with Crippen molar-refractivity contribution in [2.75, 3.05) is 13.7 Å². The number of hydrogen-bond acceptors (Lipinski definition) is 4. The fourth-order valence-electron chi connectivity index (χ4n) is 2.68. The van der Waals surface area contributed by atoms with E-state index in [2.05, 4.69) is 20.9 Å². The molecule has 0 bridgehead atoms. The van der Waals surface area contributed by atoms with Crippen molar-refractivity contribution in [3.05, 3.63) is 56.2 Å². The minimum Gasteiger partial charge on any atom is -0.497 e. The van der Waals surface area contributed by atoms with Crippen LogP contribution in [0.15, 0.2) is 29.1 Å². The Morgan fingerprint density at radius 1 is 1.38 bits per heavy atom. The summed E-state index contributed by atoms with van der Waals surface area (Å²) in [6.45, 7) is 2.33. The Hall–Kier alpha value is -1.92. The number of nitrogens with zero attached hydrogens (tertiary/aromatic N) is 1. The summed E-state index contributed by atoms with van der Waals surface area (Å²) in [4.78, 5) is 20.0. The number of aromatic amines is 2. The summed E-state index contributed by atoms with van der Waals surface area (Å²) in [5.41, 5.74) is 2.85. The molecule has 2 heterocycles. The van der Waals surface area contributed by atoms with Crippen molar-refractivity contribution in [2.45, 2.75) is 19.5 Å². The number of benzene rings is 1. The van der Waals surface area contributed by atoms with Gasteiger partial charge in [-0.2, -0.15) is 0 Å². The number of fused-ring (bicyclic) bond motifs is 1. The Balaban J connectivity index is 1.80. The molecule has 0 saturated carbocycles. The van der Waals surface area contributed by atoms with Crippen molar-refractivity contribution in [1.29, 1.82) is 0 Å². The predicted molar refractivity (Wildman–Crippen MR) is 83.1 cm³/mol. The van der Waals surface area contributed by atoms with Crippen LogP contribution >= 0.6 is 12.2 Å². The standard InChI is InChI=1S/C15H17N3O2S/c1-20-11-4-2-3-10(7-11)8-18-6-5-13-12(9-18)14(19)17-15(21)16-13/h2-4,7H,5-6,8-9H2,1H3,(H2,16,17,19,21). The van der Waals surface area contributed by atoms with Gasteiger partial charge in [-0.15, -0.1) is 0 Å². The zero-order valence-electron chi connectivity index (χ0n) is 11.8. The minimum atomic E-state index is -0.0795. The molecule has 0 unspecified atom stereocenters. The topological polar surface area (TPSA) is 61.1 Å². The van der Waals surface area contributed by atoms with Crippen LogP contribution in [-0.4, -0.2) is 28.5 Å². The number of aromatic nitrogens is 2. The van der Waals surface area contributed by atoms with Gasteiger partial charge in [0, 0.05) is 31.7 Å². The highest BCUT2D eigenvalue weighted by molar-refractivity contribution is 7.71. The van der Waals surface area contributed by atoms with E-state index in [4.69, 9.17) is 17.0 Å². The molecule has 0 spiro atoms. The van der Waals surface area contributed by atoms with E-state index in [-0.39, 0.29) is 5.56 Å². The second kappa shape index (κ2) is 5.83. The molecule has 0 saturated heterocycles. The Kier molecular flexibility index (Phi) is 3.90. The maximum Gasteiger partial charge on any atom is 0.256 e. The number of nitrogens with one attached hydrogen (secondary N) is 2. The first-order valence-electron chi connectivity index (χ1n) is 6.85. The third-order valence-electron chi connectivity index (χ3n) is 3.73. The van der Waals surface area contributed by atoms with E-state index in [1.165, 1.54) is 5.56 Å². The molecule has 1 aliphatic heterocycles. The van der Waals surface area contributed by atoms with Gasteiger partial charge in [-0.25, -0.2) is 0 Å². The van der Waals surface area contributed by atoms with Gasteiger partial charge in [-0.1, -0.05) is 12.1 Å². The summed E-state index contributed by atoms with van der Waals surface area (Å²) in [5, 5.41) is 0. The van der Waals surface area contributed by atoms with Crippen LogP contribution in [0, 0.1) is 4.77 Å². The molecule has 1 aromatic carbocycles. The SMILES string of the molecule is COc1cccc(CN2CCc3[nH]c(=S)[nH]c(=O)c3C2)c1. The van der Waals surface area contributed by atoms with Crippen LogP contribution in [0.25, 0.3) is 0 Å². The number of methoxy groups -OCH3 is 1. The molecule has 0 aliphatic carbocycles. The van der Waals surface area contributed by atoms with Gasteiger partial charge in [0.25, 0.3) is 5.56 Å². The monoisotopic (exact) mass is 303 g/mol. The van der Waals surface area contributed by atoms with Gasteiger partial charge in [0.2, 0.25) is 0 Å². The summed E-state index contributed by atoms with van der Waals surface area (Å²) >= 11 is 5.01. The molecule has 2 N–H and O–H groups in total. The smallest absolute Gasteiger partial charge is 0.256 e. The fourth-order valence-corrected chi connectivity index (χ4v) is 2.89. The maximum atomic E-state index is 12.0. The first-order chi connectivity index (χ1) is 10.2. The van der Waals surface area contributed by atoms with E-state index in [0.29, 0.717) is 11.3 Å². The summed E-state index contributed by atoms with van der Waals surface area (Å²) < 4.78 is 5.65. The maximum absolute atomic E-state index is 12.0. The quantitative estimate of drug-likeness (QED) is 0.852. The van der Waals surface area contributed by atoms with Crippen molar-refractivity contribution in [3.63, 3.8) is 0 Å². The van der Waals surface area contributed by atoms with Crippen LogP contribution < -0.4 is 10.3 Å². The third kappa shape index (κ3) is 3.06. The molecule has 110 valence electrons. The first-order valence-corrected chi connectivity index (χ1v) is 7.26. The van der Waals surface area contributed by atoms with E-state index in [1.54, 1.807) is 7.11 Å².